The van der Waals surface area contributed by atoms with Gasteiger partial charge in [0.05, 0.1) is 5.69 Å². The molecule has 0 atom stereocenters. The summed E-state index contributed by atoms with van der Waals surface area (Å²) in [6, 6.07) is 9.91. The first-order valence-corrected chi connectivity index (χ1v) is 4.93. The molecule has 2 rings (SSSR count). The van der Waals surface area contributed by atoms with Crippen molar-refractivity contribution in [2.75, 3.05) is 0 Å². The van der Waals surface area contributed by atoms with Crippen LogP contribution in [0.1, 0.15) is 26.6 Å². The number of nitrogens with zero attached hydrogens (tertiary/aromatic N) is 4. The molecule has 1 aromatic carbocycles. The van der Waals surface area contributed by atoms with Crippen LogP contribution in [0.5, 0.6) is 0 Å². The number of tetrazole rings is 1. The van der Waals surface area contributed by atoms with E-state index in [0.717, 1.165) is 11.5 Å². The fourth-order valence-electron chi connectivity index (χ4n) is 1.40. The standard InChI is InChI=1S/C11H14N4/c1-11(2,3)10-12-13-14-15(10)9-7-5-4-6-8-9/h4-8H,1-3H3. The summed E-state index contributed by atoms with van der Waals surface area (Å²) >= 11 is 0. The van der Waals surface area contributed by atoms with Crippen molar-refractivity contribution in [2.24, 2.45) is 0 Å². The highest BCUT2D eigenvalue weighted by atomic mass is 15.5. The number of rotatable bonds is 1. The Kier molecular flexibility index (Phi) is 2.26. The fourth-order valence-corrected chi connectivity index (χ4v) is 1.40. The van der Waals surface area contributed by atoms with Crippen LogP contribution in [0, 0.1) is 0 Å². The predicted octanol–water partition coefficient (Wildman–Crippen LogP) is 1.96. The molecule has 0 bridgehead atoms. The fraction of sp³-hybridized carbons (Fsp3) is 0.364. The van der Waals surface area contributed by atoms with E-state index in [0.29, 0.717) is 0 Å². The number of hydrogen-bond donors (Lipinski definition) is 0. The van der Waals surface area contributed by atoms with E-state index in [1.807, 2.05) is 30.3 Å². The smallest absolute Gasteiger partial charge is 0.162 e. The second-order valence-corrected chi connectivity index (χ2v) is 4.50. The topological polar surface area (TPSA) is 43.6 Å². The van der Waals surface area contributed by atoms with Gasteiger partial charge < -0.3 is 0 Å². The largest absolute Gasteiger partial charge is 0.197 e. The molecule has 0 fully saturated rings. The Bertz CT molecular complexity index is 439. The Balaban J connectivity index is 2.51. The van der Waals surface area contributed by atoms with Crippen LogP contribution in [0.25, 0.3) is 5.69 Å². The van der Waals surface area contributed by atoms with Crippen LogP contribution in [-0.4, -0.2) is 20.2 Å². The second kappa shape index (κ2) is 3.46. The quantitative estimate of drug-likeness (QED) is 0.710. The summed E-state index contributed by atoms with van der Waals surface area (Å²) in [7, 11) is 0. The van der Waals surface area contributed by atoms with Crippen molar-refractivity contribution in [1.82, 2.24) is 20.2 Å². The predicted molar refractivity (Wildman–Crippen MR) is 57.9 cm³/mol. The Morgan fingerprint density at radius 1 is 1.07 bits per heavy atom. The van der Waals surface area contributed by atoms with E-state index in [1.165, 1.54) is 0 Å². The molecule has 0 spiro atoms. The molecule has 2 aromatic rings. The van der Waals surface area contributed by atoms with Crippen molar-refractivity contribution in [3.05, 3.63) is 36.2 Å². The van der Waals surface area contributed by atoms with Gasteiger partial charge in [0.1, 0.15) is 0 Å². The monoisotopic (exact) mass is 202 g/mol. The van der Waals surface area contributed by atoms with E-state index in [2.05, 4.69) is 36.3 Å². The Morgan fingerprint density at radius 2 is 1.73 bits per heavy atom. The van der Waals surface area contributed by atoms with Crippen LogP contribution in [-0.2, 0) is 5.41 Å². The zero-order valence-corrected chi connectivity index (χ0v) is 9.18. The summed E-state index contributed by atoms with van der Waals surface area (Å²) in [5, 5.41) is 11.8. The number of benzene rings is 1. The van der Waals surface area contributed by atoms with Crippen LogP contribution >= 0.6 is 0 Å². The van der Waals surface area contributed by atoms with E-state index in [1.54, 1.807) is 4.68 Å². The highest BCUT2D eigenvalue weighted by molar-refractivity contribution is 5.31. The van der Waals surface area contributed by atoms with Gasteiger partial charge in [-0.1, -0.05) is 39.0 Å². The Morgan fingerprint density at radius 3 is 2.33 bits per heavy atom. The molecule has 0 N–H and O–H groups in total. The first-order valence-electron chi connectivity index (χ1n) is 4.93. The van der Waals surface area contributed by atoms with Gasteiger partial charge in [-0.05, 0) is 22.6 Å². The van der Waals surface area contributed by atoms with Crippen LogP contribution in [0.4, 0.5) is 0 Å². The molecule has 0 saturated heterocycles. The third kappa shape index (κ3) is 1.88. The minimum absolute atomic E-state index is 0.0562. The van der Waals surface area contributed by atoms with Crippen LogP contribution in [0.2, 0.25) is 0 Å². The molecule has 0 saturated carbocycles. The molecule has 4 heteroatoms. The van der Waals surface area contributed by atoms with Gasteiger partial charge in [0.2, 0.25) is 0 Å². The third-order valence-electron chi connectivity index (χ3n) is 2.14. The highest BCUT2D eigenvalue weighted by Gasteiger charge is 2.22. The van der Waals surface area contributed by atoms with Crippen LogP contribution < -0.4 is 0 Å². The van der Waals surface area contributed by atoms with E-state index in [9.17, 15) is 0 Å². The molecule has 0 aliphatic rings. The average Bonchev–Trinajstić information content (AvgIpc) is 2.67. The minimum atomic E-state index is -0.0562. The number of hydrogen-bond acceptors (Lipinski definition) is 3. The summed E-state index contributed by atoms with van der Waals surface area (Å²) in [4.78, 5) is 0. The Labute approximate surface area is 88.9 Å². The van der Waals surface area contributed by atoms with Crippen molar-refractivity contribution in [3.63, 3.8) is 0 Å². The van der Waals surface area contributed by atoms with Gasteiger partial charge in [-0.15, -0.1) is 5.10 Å². The molecule has 0 aliphatic carbocycles. The van der Waals surface area contributed by atoms with E-state index >= 15 is 0 Å². The van der Waals surface area contributed by atoms with Gasteiger partial charge in [-0.25, -0.2) is 0 Å². The van der Waals surface area contributed by atoms with Gasteiger partial charge in [0, 0.05) is 5.41 Å². The number of para-hydroxylation sites is 1. The normalized spacial score (nSPS) is 11.7. The Hall–Kier alpha value is -1.71. The van der Waals surface area contributed by atoms with Crippen LogP contribution in [0.3, 0.4) is 0 Å². The lowest BCUT2D eigenvalue weighted by atomic mass is 9.96. The van der Waals surface area contributed by atoms with E-state index in [4.69, 9.17) is 0 Å². The lowest BCUT2D eigenvalue weighted by Crippen LogP contribution is -2.18. The molecule has 4 nitrogen and oxygen atoms in total. The first kappa shape index (κ1) is 9.83. The summed E-state index contributed by atoms with van der Waals surface area (Å²) in [5.41, 5.74) is 0.937. The summed E-state index contributed by atoms with van der Waals surface area (Å²) in [6.45, 7) is 6.29. The summed E-state index contributed by atoms with van der Waals surface area (Å²) < 4.78 is 1.78. The van der Waals surface area contributed by atoms with Gasteiger partial charge in [-0.3, -0.25) is 0 Å². The summed E-state index contributed by atoms with van der Waals surface area (Å²) in [5.74, 6) is 0.869. The van der Waals surface area contributed by atoms with Crippen molar-refractivity contribution >= 4 is 0 Å². The van der Waals surface area contributed by atoms with Gasteiger partial charge in [0.25, 0.3) is 0 Å². The first-order chi connectivity index (χ1) is 7.09. The molecule has 0 aliphatic heterocycles. The lowest BCUT2D eigenvalue weighted by molar-refractivity contribution is 0.526. The molecule has 0 radical (unpaired) electrons. The maximum Gasteiger partial charge on any atom is 0.162 e. The van der Waals surface area contributed by atoms with Crippen molar-refractivity contribution in [3.8, 4) is 5.69 Å². The molecule has 1 aromatic heterocycles. The molecule has 0 unspecified atom stereocenters. The van der Waals surface area contributed by atoms with Crippen molar-refractivity contribution < 1.29 is 0 Å². The van der Waals surface area contributed by atoms with E-state index in [-0.39, 0.29) is 5.41 Å². The second-order valence-electron chi connectivity index (χ2n) is 4.50. The lowest BCUT2D eigenvalue weighted by Gasteiger charge is -2.16. The molecular formula is C11H14N4. The van der Waals surface area contributed by atoms with Crippen LogP contribution in [0.15, 0.2) is 30.3 Å². The molecule has 1 heterocycles. The van der Waals surface area contributed by atoms with Crippen molar-refractivity contribution in [1.29, 1.82) is 0 Å². The van der Waals surface area contributed by atoms with Gasteiger partial charge in [-0.2, -0.15) is 4.68 Å². The zero-order valence-electron chi connectivity index (χ0n) is 9.18. The molecule has 0 amide bonds. The SMILES string of the molecule is CC(C)(C)c1nnnn1-c1ccccc1. The number of aromatic nitrogens is 4. The van der Waals surface area contributed by atoms with E-state index < -0.39 is 0 Å². The molecular weight excluding hydrogens is 188 g/mol. The molecule has 78 valence electrons. The van der Waals surface area contributed by atoms with Crippen molar-refractivity contribution in [2.45, 2.75) is 26.2 Å². The minimum Gasteiger partial charge on any atom is -0.197 e. The maximum absolute atomic E-state index is 4.07. The van der Waals surface area contributed by atoms with Gasteiger partial charge in [0.15, 0.2) is 5.82 Å². The third-order valence-corrected chi connectivity index (χ3v) is 2.14. The summed E-state index contributed by atoms with van der Waals surface area (Å²) in [6.07, 6.45) is 0. The zero-order chi connectivity index (χ0) is 10.9. The highest BCUT2D eigenvalue weighted by Crippen LogP contribution is 2.21. The average molecular weight is 202 g/mol. The molecule has 15 heavy (non-hydrogen) atoms. The van der Waals surface area contributed by atoms with Gasteiger partial charge >= 0.3 is 0 Å². The maximum atomic E-state index is 4.07.